The first-order chi connectivity index (χ1) is 10.2. The van der Waals surface area contributed by atoms with Crippen molar-refractivity contribution in [3.63, 3.8) is 0 Å². The molecule has 1 aromatic rings. The average molecular weight is 423 g/mol. The van der Waals surface area contributed by atoms with Gasteiger partial charge in [-0.25, -0.2) is 4.39 Å². The van der Waals surface area contributed by atoms with Gasteiger partial charge in [0.25, 0.3) is 0 Å². The summed E-state index contributed by atoms with van der Waals surface area (Å²) >= 11 is 0. The van der Waals surface area contributed by atoms with Crippen molar-refractivity contribution < 1.29 is 13.9 Å². The summed E-state index contributed by atoms with van der Waals surface area (Å²) in [6.45, 7) is 6.79. The molecule has 0 radical (unpaired) electrons. The lowest BCUT2D eigenvalue weighted by molar-refractivity contribution is -0.0172. The fraction of sp³-hybridized carbons (Fsp3) is 0.533. The van der Waals surface area contributed by atoms with Crippen LogP contribution in [-0.2, 0) is 17.8 Å². The highest BCUT2D eigenvalue weighted by atomic mass is 127. The van der Waals surface area contributed by atoms with Gasteiger partial charge in [-0.15, -0.1) is 24.0 Å². The molecule has 1 aromatic carbocycles. The lowest BCUT2D eigenvalue weighted by Crippen LogP contribution is -2.37. The summed E-state index contributed by atoms with van der Waals surface area (Å²) in [6.07, 6.45) is 0.585. The number of aliphatic imine (C=N–C) groups is 1. The standard InChI is InChI=1S/C15H22FN3O2.HI/c1-3-19(4-2)15(17)18-6-5-11-7-13(16)8-12-9-20-10-21-14(11)12;/h7-8H,3-6,9-10H2,1-2H3,(H2,17,18);1H. The molecule has 0 unspecified atom stereocenters. The van der Waals surface area contributed by atoms with Crippen LogP contribution in [0.5, 0.6) is 5.75 Å². The molecule has 2 N–H and O–H groups in total. The van der Waals surface area contributed by atoms with Crippen molar-refractivity contribution in [2.45, 2.75) is 26.9 Å². The maximum absolute atomic E-state index is 13.6. The predicted octanol–water partition coefficient (Wildman–Crippen LogP) is 2.51. The Kier molecular flexibility index (Phi) is 7.88. The Morgan fingerprint density at radius 3 is 2.77 bits per heavy atom. The van der Waals surface area contributed by atoms with Crippen molar-refractivity contribution in [3.05, 3.63) is 29.1 Å². The molecule has 0 amide bonds. The lowest BCUT2D eigenvalue weighted by atomic mass is 10.1. The van der Waals surface area contributed by atoms with Gasteiger partial charge in [-0.3, -0.25) is 4.99 Å². The Labute approximate surface area is 147 Å². The number of rotatable bonds is 5. The van der Waals surface area contributed by atoms with Crippen LogP contribution in [0.3, 0.4) is 0 Å². The third kappa shape index (κ3) is 4.70. The van der Waals surface area contributed by atoms with Crippen molar-refractivity contribution in [3.8, 4) is 5.75 Å². The van der Waals surface area contributed by atoms with Gasteiger partial charge in [0.2, 0.25) is 0 Å². The first-order valence-corrected chi connectivity index (χ1v) is 7.22. The second kappa shape index (κ2) is 9.14. The van der Waals surface area contributed by atoms with E-state index in [1.165, 1.54) is 12.1 Å². The number of nitrogens with zero attached hydrogens (tertiary/aromatic N) is 2. The summed E-state index contributed by atoms with van der Waals surface area (Å²) in [4.78, 5) is 6.33. The van der Waals surface area contributed by atoms with Crippen molar-refractivity contribution >= 4 is 29.9 Å². The summed E-state index contributed by atoms with van der Waals surface area (Å²) in [5.74, 6) is 0.965. The first kappa shape index (κ1) is 19.0. The van der Waals surface area contributed by atoms with Crippen LogP contribution in [-0.4, -0.2) is 37.3 Å². The van der Waals surface area contributed by atoms with Gasteiger partial charge in [0.05, 0.1) is 6.61 Å². The number of hydrogen-bond donors (Lipinski definition) is 1. The van der Waals surface area contributed by atoms with Crippen LogP contribution >= 0.6 is 24.0 Å². The third-order valence-electron chi connectivity index (χ3n) is 3.49. The minimum absolute atomic E-state index is 0. The van der Waals surface area contributed by atoms with Crippen LogP contribution in [0, 0.1) is 5.82 Å². The maximum Gasteiger partial charge on any atom is 0.191 e. The second-order valence-electron chi connectivity index (χ2n) is 4.83. The number of fused-ring (bicyclic) bond motifs is 1. The van der Waals surface area contributed by atoms with E-state index >= 15 is 0 Å². The van der Waals surface area contributed by atoms with E-state index in [9.17, 15) is 4.39 Å². The van der Waals surface area contributed by atoms with Crippen LogP contribution in [0.15, 0.2) is 17.1 Å². The molecule has 0 saturated carbocycles. The van der Waals surface area contributed by atoms with Crippen molar-refractivity contribution in [2.24, 2.45) is 10.7 Å². The van der Waals surface area contributed by atoms with Gasteiger partial charge >= 0.3 is 0 Å². The zero-order valence-corrected chi connectivity index (χ0v) is 15.3. The number of benzene rings is 1. The van der Waals surface area contributed by atoms with Gasteiger partial charge in [-0.1, -0.05) is 0 Å². The number of halogens is 2. The topological polar surface area (TPSA) is 60.1 Å². The normalized spacial score (nSPS) is 13.9. The molecule has 22 heavy (non-hydrogen) atoms. The van der Waals surface area contributed by atoms with Crippen LogP contribution < -0.4 is 10.5 Å². The zero-order valence-electron chi connectivity index (χ0n) is 13.0. The summed E-state index contributed by atoms with van der Waals surface area (Å²) < 4.78 is 24.2. The van der Waals surface area contributed by atoms with Crippen LogP contribution in [0.1, 0.15) is 25.0 Å². The minimum Gasteiger partial charge on any atom is -0.467 e. The number of nitrogens with two attached hydrogens (primary N) is 1. The summed E-state index contributed by atoms with van der Waals surface area (Å²) in [5, 5.41) is 0. The molecule has 0 fully saturated rings. The van der Waals surface area contributed by atoms with Crippen molar-refractivity contribution in [2.75, 3.05) is 26.4 Å². The van der Waals surface area contributed by atoms with Gasteiger partial charge in [0, 0.05) is 25.2 Å². The van der Waals surface area contributed by atoms with Gasteiger partial charge in [0.15, 0.2) is 12.8 Å². The quantitative estimate of drug-likeness (QED) is 0.449. The predicted molar refractivity (Wildman–Crippen MR) is 95.2 cm³/mol. The molecule has 0 saturated heterocycles. The molecule has 7 heteroatoms. The van der Waals surface area contributed by atoms with E-state index in [1.807, 2.05) is 18.7 Å². The third-order valence-corrected chi connectivity index (χ3v) is 3.49. The van der Waals surface area contributed by atoms with E-state index in [4.69, 9.17) is 15.2 Å². The van der Waals surface area contributed by atoms with Gasteiger partial charge in [-0.2, -0.15) is 0 Å². The van der Waals surface area contributed by atoms with E-state index in [1.54, 1.807) is 0 Å². The Balaban J connectivity index is 0.00000242. The molecule has 0 spiro atoms. The van der Waals surface area contributed by atoms with E-state index in [0.29, 0.717) is 25.5 Å². The van der Waals surface area contributed by atoms with E-state index in [-0.39, 0.29) is 36.6 Å². The Morgan fingerprint density at radius 2 is 2.09 bits per heavy atom. The van der Waals surface area contributed by atoms with Gasteiger partial charge < -0.3 is 20.1 Å². The second-order valence-corrected chi connectivity index (χ2v) is 4.83. The monoisotopic (exact) mass is 423 g/mol. The first-order valence-electron chi connectivity index (χ1n) is 7.22. The van der Waals surface area contributed by atoms with Crippen LogP contribution in [0.4, 0.5) is 4.39 Å². The Hall–Kier alpha value is -1.09. The number of guanidine groups is 1. The average Bonchev–Trinajstić information content (AvgIpc) is 2.48. The minimum atomic E-state index is -0.279. The van der Waals surface area contributed by atoms with Crippen molar-refractivity contribution in [1.29, 1.82) is 0 Å². The molecule has 5 nitrogen and oxygen atoms in total. The smallest absolute Gasteiger partial charge is 0.191 e. The van der Waals surface area contributed by atoms with Crippen LogP contribution in [0.2, 0.25) is 0 Å². The molecule has 0 atom stereocenters. The van der Waals surface area contributed by atoms with Crippen LogP contribution in [0.25, 0.3) is 0 Å². The molecular weight excluding hydrogens is 400 g/mol. The lowest BCUT2D eigenvalue weighted by Gasteiger charge is -2.21. The Bertz CT molecular complexity index is 522. The molecule has 1 aliphatic rings. The summed E-state index contributed by atoms with van der Waals surface area (Å²) in [5.41, 5.74) is 7.48. The molecule has 2 rings (SSSR count). The fourth-order valence-electron chi connectivity index (χ4n) is 2.38. The molecule has 0 aliphatic carbocycles. The maximum atomic E-state index is 13.6. The van der Waals surface area contributed by atoms with Gasteiger partial charge in [-0.05, 0) is 38.0 Å². The highest BCUT2D eigenvalue weighted by molar-refractivity contribution is 14.0. The molecule has 1 aliphatic heterocycles. The fourth-order valence-corrected chi connectivity index (χ4v) is 2.38. The van der Waals surface area contributed by atoms with Gasteiger partial charge in [0.1, 0.15) is 11.6 Å². The highest BCUT2D eigenvalue weighted by Crippen LogP contribution is 2.29. The molecule has 1 heterocycles. The SMILES string of the molecule is CCN(CC)C(N)=NCCc1cc(F)cc2c1OCOC2.I. The molecule has 124 valence electrons. The zero-order chi connectivity index (χ0) is 15.2. The largest absolute Gasteiger partial charge is 0.467 e. The molecule has 0 aromatic heterocycles. The van der Waals surface area contributed by atoms with E-state index < -0.39 is 0 Å². The summed E-state index contributed by atoms with van der Waals surface area (Å²) in [6, 6.07) is 2.94. The number of hydrogen-bond acceptors (Lipinski definition) is 3. The molecule has 0 bridgehead atoms. The van der Waals surface area contributed by atoms with E-state index in [0.717, 1.165) is 30.0 Å². The Morgan fingerprint density at radius 1 is 1.36 bits per heavy atom. The summed E-state index contributed by atoms with van der Waals surface area (Å²) in [7, 11) is 0. The van der Waals surface area contributed by atoms with Crippen molar-refractivity contribution in [1.82, 2.24) is 4.90 Å². The highest BCUT2D eigenvalue weighted by Gasteiger charge is 2.16. The molecular formula is C15H23FIN3O2. The van der Waals surface area contributed by atoms with E-state index in [2.05, 4.69) is 4.99 Å². The number of ether oxygens (including phenoxy) is 2.